The van der Waals surface area contributed by atoms with Crippen LogP contribution in [0.1, 0.15) is 131 Å². The number of carbonyl (C=O) groups excluding carboxylic acids is 1. The van der Waals surface area contributed by atoms with Crippen LogP contribution in [0.25, 0.3) is 0 Å². The number of hydrogen-bond donors (Lipinski definition) is 1. The van der Waals surface area contributed by atoms with Crippen molar-refractivity contribution in [3.05, 3.63) is 10.4 Å². The summed E-state index contributed by atoms with van der Waals surface area (Å²) in [6.45, 7) is 13.5. The van der Waals surface area contributed by atoms with E-state index in [-0.39, 0.29) is 30.0 Å². The highest BCUT2D eigenvalue weighted by Gasteiger charge is 2.60. The molecule has 0 amide bonds. The van der Waals surface area contributed by atoms with Crippen molar-refractivity contribution in [2.45, 2.75) is 137 Å². The van der Waals surface area contributed by atoms with E-state index in [0.29, 0.717) is 36.3 Å². The van der Waals surface area contributed by atoms with Crippen molar-refractivity contribution in [1.82, 2.24) is 5.01 Å². The van der Waals surface area contributed by atoms with Gasteiger partial charge in [0, 0.05) is 4.97 Å². The highest BCUT2D eigenvalue weighted by molar-refractivity contribution is 5.69. The van der Waals surface area contributed by atoms with Gasteiger partial charge in [-0.1, -0.05) is 53.9 Å². The van der Waals surface area contributed by atoms with Gasteiger partial charge in [-0.3, -0.25) is 4.79 Å². The molecule has 8 nitrogen and oxygen atoms in total. The van der Waals surface area contributed by atoms with Crippen LogP contribution in [0.5, 0.6) is 0 Å². The molecule has 4 aliphatic rings. The number of hydrogen-bond acceptors (Lipinski definition) is 6. The number of carbonyl (C=O) groups is 1. The van der Waals surface area contributed by atoms with Gasteiger partial charge in [0.05, 0.1) is 19.5 Å². The fraction of sp³-hybridized carbons (Fsp3) is 0.971. The van der Waals surface area contributed by atoms with Gasteiger partial charge in [0.25, 0.3) is 0 Å². The van der Waals surface area contributed by atoms with Crippen molar-refractivity contribution < 1.29 is 14.5 Å². The first kappa shape index (κ1) is 33.3. The van der Waals surface area contributed by atoms with Crippen molar-refractivity contribution in [2.24, 2.45) is 63.3 Å². The predicted molar refractivity (Wildman–Crippen MR) is 167 cm³/mol. The third-order valence-electron chi connectivity index (χ3n) is 12.9. The molecule has 0 heterocycles. The first-order chi connectivity index (χ1) is 20.0. The topological polar surface area (TPSA) is 117 Å². The van der Waals surface area contributed by atoms with Crippen LogP contribution in [0.4, 0.5) is 0 Å². The molecule has 4 fully saturated rings. The molecule has 4 rings (SSSR count). The van der Waals surface area contributed by atoms with Crippen LogP contribution in [0.3, 0.4) is 0 Å². The van der Waals surface area contributed by atoms with Crippen molar-refractivity contribution in [3.63, 3.8) is 0 Å². The summed E-state index contributed by atoms with van der Waals surface area (Å²) in [5.41, 5.74) is 6.41. The van der Waals surface area contributed by atoms with E-state index in [1.54, 1.807) is 0 Å². The van der Waals surface area contributed by atoms with E-state index >= 15 is 0 Å². The summed E-state index contributed by atoms with van der Waals surface area (Å²) < 4.78 is 5.97. The molecular weight excluding hydrogens is 528 g/mol. The van der Waals surface area contributed by atoms with Crippen LogP contribution < -0.4 is 5.73 Å². The second-order valence-electron chi connectivity index (χ2n) is 15.6. The van der Waals surface area contributed by atoms with Crippen molar-refractivity contribution in [2.75, 3.05) is 19.6 Å². The van der Waals surface area contributed by atoms with E-state index in [9.17, 15) is 15.2 Å². The van der Waals surface area contributed by atoms with Gasteiger partial charge >= 0.3 is 5.97 Å². The highest BCUT2D eigenvalue weighted by atomic mass is 16.6. The zero-order chi connectivity index (χ0) is 30.5. The minimum Gasteiger partial charge on any atom is -0.737 e. The Morgan fingerprint density at radius 3 is 2.43 bits per heavy atom. The lowest BCUT2D eigenvalue weighted by Crippen LogP contribution is -2.54. The number of nitrogens with zero attached hydrogens (tertiary/aromatic N) is 3. The quantitative estimate of drug-likeness (QED) is 0.0725. The molecule has 0 bridgehead atoms. The monoisotopic (exact) mass is 589 g/mol. The Labute approximate surface area is 255 Å². The van der Waals surface area contributed by atoms with Gasteiger partial charge in [-0.25, -0.2) is 0 Å². The molecule has 4 aliphatic carbocycles. The second kappa shape index (κ2) is 14.5. The maximum Gasteiger partial charge on any atom is 0.308 e. The maximum atomic E-state index is 12.8. The zero-order valence-electron chi connectivity index (χ0n) is 27.4. The Hall–Kier alpha value is -1.57. The number of rotatable bonds is 14. The van der Waals surface area contributed by atoms with Crippen LogP contribution in [0.15, 0.2) is 5.28 Å². The Balaban J connectivity index is 1.30. The van der Waals surface area contributed by atoms with E-state index in [0.717, 1.165) is 61.2 Å². The van der Waals surface area contributed by atoms with Crippen molar-refractivity contribution in [1.29, 1.82) is 0 Å². The summed E-state index contributed by atoms with van der Waals surface area (Å²) in [5, 5.41) is 26.3. The highest BCUT2D eigenvalue weighted by Crippen LogP contribution is 2.68. The molecule has 4 saturated carbocycles. The van der Waals surface area contributed by atoms with E-state index < -0.39 is 0 Å². The number of nitrogens with two attached hydrogens (primary N) is 1. The van der Waals surface area contributed by atoms with E-state index in [1.165, 1.54) is 62.8 Å². The molecule has 0 aromatic carbocycles. The fourth-order valence-corrected chi connectivity index (χ4v) is 10.6. The standard InChI is InChI=1S/C34H62N4O4/c1-24(2)9-8-10-25(3)29-13-14-30-28-12-11-26-23-27(15-18-33(26,4)31(28)16-19-34(29,30)5)42-32(39)17-22-37(38(41)36-40)21-7-6-20-35/h24-31,40H,6-23,35H2,1-5H3/p-1/b38-36-/t25-,26+,27+,28+,29-,30+,31+,33+,34-/m1/s1. The summed E-state index contributed by atoms with van der Waals surface area (Å²) >= 11 is 0. The van der Waals surface area contributed by atoms with Gasteiger partial charge in [0.1, 0.15) is 6.10 Å². The average molecular weight is 590 g/mol. The lowest BCUT2D eigenvalue weighted by molar-refractivity contribution is -0.690. The SMILES string of the molecule is CC(C)CCC[C@@H](C)[C@H]1CC[C@H]2[C@@H]3CC[C@H]4C[C@@H](OC(=O)CCN(CCCCN)/[N+]([O-])=N/[O-])CC[C@]4(C)[C@H]3CC[C@]12C. The van der Waals surface area contributed by atoms with Crippen LogP contribution in [-0.2, 0) is 9.53 Å². The molecule has 2 N–H and O–H groups in total. The van der Waals surface area contributed by atoms with Gasteiger partial charge in [-0.2, -0.15) is 0 Å². The lowest BCUT2D eigenvalue weighted by atomic mass is 9.44. The van der Waals surface area contributed by atoms with Crippen molar-refractivity contribution in [3.8, 4) is 0 Å². The molecule has 8 heteroatoms. The maximum absolute atomic E-state index is 12.8. The van der Waals surface area contributed by atoms with Gasteiger partial charge in [-0.05, 0) is 135 Å². The van der Waals surface area contributed by atoms with Crippen molar-refractivity contribution >= 4 is 5.97 Å². The molecule has 0 saturated heterocycles. The van der Waals surface area contributed by atoms with Crippen LogP contribution in [-0.4, -0.2) is 41.7 Å². The normalized spacial score (nSPS) is 37.1. The Morgan fingerprint density at radius 2 is 1.71 bits per heavy atom. The van der Waals surface area contributed by atoms with E-state index in [1.807, 2.05) is 0 Å². The van der Waals surface area contributed by atoms with Crippen LogP contribution in [0, 0.1) is 62.7 Å². The van der Waals surface area contributed by atoms with Crippen LogP contribution in [0.2, 0.25) is 0 Å². The number of hydrazine groups is 1. The summed E-state index contributed by atoms with van der Waals surface area (Å²) in [5.74, 6) is 5.44. The molecule has 0 radical (unpaired) electrons. The molecule has 0 unspecified atom stereocenters. The second-order valence-corrected chi connectivity index (χ2v) is 15.6. The van der Waals surface area contributed by atoms with Gasteiger partial charge in [-0.15, -0.1) is 5.01 Å². The number of ether oxygens (including phenoxy) is 1. The molecule has 0 spiro atoms. The van der Waals surface area contributed by atoms with Gasteiger partial charge in [0.2, 0.25) is 0 Å². The minimum absolute atomic E-state index is 0.0400. The predicted octanol–water partition coefficient (Wildman–Crippen LogP) is 7.83. The Bertz CT molecular complexity index is 914. The fourth-order valence-electron chi connectivity index (χ4n) is 10.6. The average Bonchev–Trinajstić information content (AvgIpc) is 3.31. The molecule has 0 aromatic heterocycles. The molecule has 242 valence electrons. The molecule has 9 atom stereocenters. The number of esters is 1. The smallest absolute Gasteiger partial charge is 0.308 e. The molecule has 0 aromatic rings. The lowest BCUT2D eigenvalue weighted by Gasteiger charge is -2.61. The summed E-state index contributed by atoms with van der Waals surface area (Å²) in [6.07, 6.45) is 16.9. The zero-order valence-corrected chi connectivity index (χ0v) is 27.4. The third kappa shape index (κ3) is 7.21. The molecule has 42 heavy (non-hydrogen) atoms. The molecular formula is C34H61N4O4-. The van der Waals surface area contributed by atoms with Crippen LogP contribution >= 0.6 is 0 Å². The third-order valence-corrected chi connectivity index (χ3v) is 12.9. The van der Waals surface area contributed by atoms with E-state index in [4.69, 9.17) is 10.5 Å². The largest absolute Gasteiger partial charge is 0.737 e. The Kier molecular flexibility index (Phi) is 11.5. The Morgan fingerprint density at radius 1 is 0.976 bits per heavy atom. The first-order valence-corrected chi connectivity index (χ1v) is 17.5. The number of fused-ring (bicyclic) bond motifs is 5. The summed E-state index contributed by atoms with van der Waals surface area (Å²) in [6, 6.07) is 0. The summed E-state index contributed by atoms with van der Waals surface area (Å²) in [4.78, 5) is 12.8. The van der Waals surface area contributed by atoms with E-state index in [2.05, 4.69) is 39.9 Å². The minimum atomic E-state index is -0.284. The van der Waals surface area contributed by atoms with Gasteiger partial charge < -0.3 is 20.9 Å². The molecule has 0 aliphatic heterocycles. The summed E-state index contributed by atoms with van der Waals surface area (Å²) in [7, 11) is 0. The first-order valence-electron chi connectivity index (χ1n) is 17.5. The number of unbranched alkanes of at least 4 members (excludes halogenated alkanes) is 1. The van der Waals surface area contributed by atoms with Gasteiger partial charge in [0.15, 0.2) is 0 Å².